The Labute approximate surface area is 295 Å². The molecule has 51 heavy (non-hydrogen) atoms. The standard InChI is InChI=1S/C42H30N2O5.C2H6/c1-25-10-7-8-21-43(30-14-9-13-27(22-30)26-11-3-2-4-12-26)34-20-18-28(23-33(25)34)29-17-19-32-31-15-5-6-16-35(31)44(36(32)24-29)37-38(45)40(47)42(49)41(48)39(37)46;1-2/h2-24,45-49H,1H2;1-2H3/b10-7-,21-8-;. The van der Waals surface area contributed by atoms with Crippen molar-refractivity contribution in [1.29, 1.82) is 0 Å². The van der Waals surface area contributed by atoms with Crippen LogP contribution in [0.3, 0.4) is 0 Å². The third-order valence-electron chi connectivity index (χ3n) is 9.05. The zero-order valence-corrected chi connectivity index (χ0v) is 28.1. The van der Waals surface area contributed by atoms with Gasteiger partial charge in [-0.3, -0.25) is 0 Å². The molecule has 1 aromatic heterocycles. The fourth-order valence-electron chi connectivity index (χ4n) is 6.63. The summed E-state index contributed by atoms with van der Waals surface area (Å²) in [6.45, 7) is 8.39. The Morgan fingerprint density at radius 2 is 1.12 bits per heavy atom. The second-order valence-electron chi connectivity index (χ2n) is 11.9. The lowest BCUT2D eigenvalue weighted by atomic mass is 9.95. The molecule has 0 amide bonds. The van der Waals surface area contributed by atoms with Crippen LogP contribution in [-0.2, 0) is 0 Å². The van der Waals surface area contributed by atoms with Crippen LogP contribution in [0.4, 0.5) is 11.4 Å². The molecule has 0 saturated heterocycles. The quantitative estimate of drug-likeness (QED) is 0.0940. The molecular weight excluding hydrogens is 636 g/mol. The average Bonchev–Trinajstić information content (AvgIpc) is 3.50. The van der Waals surface area contributed by atoms with Crippen molar-refractivity contribution >= 4 is 38.8 Å². The predicted molar refractivity (Wildman–Crippen MR) is 207 cm³/mol. The van der Waals surface area contributed by atoms with Gasteiger partial charge in [-0.15, -0.1) is 0 Å². The molecule has 1 aliphatic rings. The minimum atomic E-state index is -1.01. The first kappa shape index (κ1) is 32.7. The monoisotopic (exact) mass is 672 g/mol. The predicted octanol–water partition coefficient (Wildman–Crippen LogP) is 10.9. The number of benzene rings is 6. The smallest absolute Gasteiger partial charge is 0.208 e. The van der Waals surface area contributed by atoms with E-state index in [2.05, 4.69) is 60.0 Å². The summed E-state index contributed by atoms with van der Waals surface area (Å²) in [7, 11) is 0. The van der Waals surface area contributed by atoms with Crippen molar-refractivity contribution in [2.75, 3.05) is 4.90 Å². The summed E-state index contributed by atoms with van der Waals surface area (Å²) in [5.41, 5.74) is 8.68. The number of fused-ring (bicyclic) bond motifs is 4. The molecule has 0 unspecified atom stereocenters. The molecule has 2 heterocycles. The normalized spacial score (nSPS) is 13.6. The third kappa shape index (κ3) is 5.51. The zero-order chi connectivity index (χ0) is 35.8. The van der Waals surface area contributed by atoms with Gasteiger partial charge in [0.15, 0.2) is 11.5 Å². The Morgan fingerprint density at radius 3 is 1.88 bits per heavy atom. The number of allylic oxidation sites excluding steroid dienone is 4. The van der Waals surface area contributed by atoms with Gasteiger partial charge in [0.05, 0.1) is 16.7 Å². The van der Waals surface area contributed by atoms with E-state index in [1.165, 1.54) is 0 Å². The topological polar surface area (TPSA) is 109 Å². The number of aromatic hydroxyl groups is 5. The first-order valence-corrected chi connectivity index (χ1v) is 16.7. The van der Waals surface area contributed by atoms with Crippen molar-refractivity contribution in [2.45, 2.75) is 13.8 Å². The summed E-state index contributed by atoms with van der Waals surface area (Å²) in [6, 6.07) is 38.2. The maximum Gasteiger partial charge on any atom is 0.208 e. The molecule has 252 valence electrons. The summed E-state index contributed by atoms with van der Waals surface area (Å²) >= 11 is 0. The molecule has 0 saturated carbocycles. The van der Waals surface area contributed by atoms with Crippen LogP contribution in [0.15, 0.2) is 146 Å². The van der Waals surface area contributed by atoms with Crippen molar-refractivity contribution in [3.8, 4) is 56.7 Å². The van der Waals surface area contributed by atoms with Gasteiger partial charge < -0.3 is 35.0 Å². The van der Waals surface area contributed by atoms with Crippen LogP contribution in [0, 0.1) is 0 Å². The summed E-state index contributed by atoms with van der Waals surface area (Å²) < 4.78 is 1.57. The molecule has 7 heteroatoms. The maximum absolute atomic E-state index is 10.9. The number of hydrogen-bond acceptors (Lipinski definition) is 6. The van der Waals surface area contributed by atoms with E-state index < -0.39 is 28.7 Å². The van der Waals surface area contributed by atoms with Crippen molar-refractivity contribution in [1.82, 2.24) is 4.57 Å². The Bertz CT molecular complexity index is 2500. The van der Waals surface area contributed by atoms with Gasteiger partial charge in [-0.05, 0) is 70.3 Å². The third-order valence-corrected chi connectivity index (χ3v) is 9.05. The fourth-order valence-corrected chi connectivity index (χ4v) is 6.63. The molecule has 0 aliphatic carbocycles. The number of para-hydroxylation sites is 1. The van der Waals surface area contributed by atoms with Crippen molar-refractivity contribution in [3.05, 3.63) is 152 Å². The lowest BCUT2D eigenvalue weighted by molar-refractivity contribution is 0.327. The van der Waals surface area contributed by atoms with Crippen molar-refractivity contribution in [3.63, 3.8) is 0 Å². The first-order valence-electron chi connectivity index (χ1n) is 16.7. The number of rotatable bonds is 4. The molecule has 0 bridgehead atoms. The van der Waals surface area contributed by atoms with Gasteiger partial charge in [-0.2, -0.15) is 0 Å². The Balaban J connectivity index is 0.00000200. The van der Waals surface area contributed by atoms with Crippen LogP contribution in [0.25, 0.3) is 55.3 Å². The SMILES string of the molecule is C=C1/C=C\C=C/N(c2cccc(-c3ccccc3)c2)c2ccc(-c3ccc4c5ccccc5n(-c5c(O)c(O)c(O)c(O)c5O)c4c3)cc21.CC. The largest absolute Gasteiger partial charge is 0.503 e. The lowest BCUT2D eigenvalue weighted by Gasteiger charge is -2.26. The number of phenolic OH excluding ortho intramolecular Hbond substituents is 5. The van der Waals surface area contributed by atoms with E-state index >= 15 is 0 Å². The second kappa shape index (κ2) is 13.2. The highest BCUT2D eigenvalue weighted by molar-refractivity contribution is 6.11. The highest BCUT2D eigenvalue weighted by Gasteiger charge is 2.27. The minimum absolute atomic E-state index is 0.256. The van der Waals surface area contributed by atoms with Crippen LogP contribution in [0.1, 0.15) is 19.4 Å². The van der Waals surface area contributed by atoms with E-state index in [0.717, 1.165) is 55.5 Å². The maximum atomic E-state index is 10.9. The van der Waals surface area contributed by atoms with E-state index in [0.29, 0.717) is 11.0 Å². The molecule has 5 N–H and O–H groups in total. The summed E-state index contributed by atoms with van der Waals surface area (Å²) in [5, 5.41) is 54.4. The summed E-state index contributed by atoms with van der Waals surface area (Å²) in [6.07, 6.45) is 7.98. The fraction of sp³-hybridized carbons (Fsp3) is 0.0455. The van der Waals surface area contributed by atoms with Crippen LogP contribution in [0.2, 0.25) is 0 Å². The number of nitrogens with zero attached hydrogens (tertiary/aromatic N) is 2. The Hall–Kier alpha value is -6.86. The van der Waals surface area contributed by atoms with Gasteiger partial charge >= 0.3 is 0 Å². The molecule has 6 aromatic carbocycles. The molecule has 7 aromatic rings. The highest BCUT2D eigenvalue weighted by Crippen LogP contribution is 2.54. The van der Waals surface area contributed by atoms with Gasteiger partial charge in [0, 0.05) is 28.2 Å². The molecule has 8 rings (SSSR count). The van der Waals surface area contributed by atoms with E-state index in [4.69, 9.17) is 0 Å². The lowest BCUT2D eigenvalue weighted by Crippen LogP contribution is -2.11. The molecule has 0 radical (unpaired) electrons. The molecule has 0 fully saturated rings. The van der Waals surface area contributed by atoms with Gasteiger partial charge in [-0.25, -0.2) is 0 Å². The Morgan fingerprint density at radius 1 is 0.510 bits per heavy atom. The number of anilines is 2. The molecule has 0 spiro atoms. The van der Waals surface area contributed by atoms with Gasteiger partial charge in [0.25, 0.3) is 0 Å². The molecular formula is C44H36N2O5. The molecule has 7 nitrogen and oxygen atoms in total. The van der Waals surface area contributed by atoms with Gasteiger partial charge in [-0.1, -0.05) is 111 Å². The zero-order valence-electron chi connectivity index (χ0n) is 28.1. The van der Waals surface area contributed by atoms with Crippen LogP contribution in [-0.4, -0.2) is 30.1 Å². The van der Waals surface area contributed by atoms with Crippen LogP contribution in [0.5, 0.6) is 28.7 Å². The van der Waals surface area contributed by atoms with E-state index in [9.17, 15) is 25.5 Å². The minimum Gasteiger partial charge on any atom is -0.503 e. The first-order chi connectivity index (χ1) is 24.8. The van der Waals surface area contributed by atoms with Crippen molar-refractivity contribution < 1.29 is 25.5 Å². The van der Waals surface area contributed by atoms with Gasteiger partial charge in [0.2, 0.25) is 17.2 Å². The van der Waals surface area contributed by atoms with E-state index in [-0.39, 0.29) is 5.69 Å². The summed E-state index contributed by atoms with van der Waals surface area (Å²) in [5.74, 6) is -4.42. The number of phenols is 5. The van der Waals surface area contributed by atoms with Crippen molar-refractivity contribution in [2.24, 2.45) is 0 Å². The van der Waals surface area contributed by atoms with Crippen LogP contribution < -0.4 is 4.90 Å². The van der Waals surface area contributed by atoms with E-state index in [1.807, 2.05) is 105 Å². The summed E-state index contributed by atoms with van der Waals surface area (Å²) in [4.78, 5) is 2.15. The number of hydrogen-bond donors (Lipinski definition) is 5. The molecule has 1 aliphatic heterocycles. The van der Waals surface area contributed by atoms with E-state index in [1.54, 1.807) is 4.57 Å². The van der Waals surface area contributed by atoms with Crippen LogP contribution >= 0.6 is 0 Å². The average molecular weight is 673 g/mol. The Kier molecular flexibility index (Phi) is 8.47. The molecule has 0 atom stereocenters. The number of aromatic nitrogens is 1. The van der Waals surface area contributed by atoms with Gasteiger partial charge in [0.1, 0.15) is 5.69 Å². The second-order valence-corrected chi connectivity index (χ2v) is 11.9. The highest BCUT2D eigenvalue weighted by atomic mass is 16.4.